The molecule has 4 nitrogen and oxygen atoms in total. The van der Waals surface area contributed by atoms with Crippen molar-refractivity contribution in [2.75, 3.05) is 26.2 Å². The molecule has 24 heavy (non-hydrogen) atoms. The highest BCUT2D eigenvalue weighted by molar-refractivity contribution is 7.97. The maximum absolute atomic E-state index is 8.87. The Bertz CT molecular complexity index is 691. The topological polar surface area (TPSA) is 65.1 Å². The minimum absolute atomic E-state index is 0.555. The molecule has 1 aliphatic rings. The molecule has 2 aromatic rings. The minimum atomic E-state index is 0.555. The number of hydrogen-bond acceptors (Lipinski definition) is 5. The quantitative estimate of drug-likeness (QED) is 0.793. The molecule has 1 atom stereocenters. The Kier molecular flexibility index (Phi) is 5.89. The van der Waals surface area contributed by atoms with Gasteiger partial charge in [0.1, 0.15) is 0 Å². The molecule has 0 radical (unpaired) electrons. The zero-order valence-corrected chi connectivity index (χ0v) is 14.4. The van der Waals surface area contributed by atoms with Gasteiger partial charge in [-0.2, -0.15) is 5.26 Å². The summed E-state index contributed by atoms with van der Waals surface area (Å²) in [6.45, 7) is 3.75. The van der Waals surface area contributed by atoms with Gasteiger partial charge in [-0.25, -0.2) is 4.31 Å². The van der Waals surface area contributed by atoms with E-state index in [1.165, 1.54) is 16.9 Å². The molecule has 0 aromatic heterocycles. The third kappa shape index (κ3) is 4.37. The van der Waals surface area contributed by atoms with Gasteiger partial charge in [0.05, 0.1) is 11.6 Å². The number of rotatable bonds is 6. The fourth-order valence-corrected chi connectivity index (χ4v) is 3.87. The first-order chi connectivity index (χ1) is 11.8. The van der Waals surface area contributed by atoms with Crippen molar-refractivity contribution in [3.05, 3.63) is 54.1 Å². The molecule has 3 rings (SSSR count). The van der Waals surface area contributed by atoms with Crippen molar-refractivity contribution in [1.82, 2.24) is 9.62 Å². The highest BCUT2D eigenvalue weighted by Crippen LogP contribution is 2.29. The van der Waals surface area contributed by atoms with Crippen molar-refractivity contribution in [2.45, 2.75) is 17.4 Å². The van der Waals surface area contributed by atoms with Crippen molar-refractivity contribution in [3.8, 4) is 17.2 Å². The van der Waals surface area contributed by atoms with Crippen molar-refractivity contribution in [1.29, 1.82) is 5.26 Å². The first kappa shape index (κ1) is 17.0. The Morgan fingerprint density at radius 2 is 1.79 bits per heavy atom. The molecular formula is C19H22N4S. The highest BCUT2D eigenvalue weighted by Gasteiger charge is 2.22. The molecule has 1 fully saturated rings. The summed E-state index contributed by atoms with van der Waals surface area (Å²) in [5, 5.41) is 12.4. The smallest absolute Gasteiger partial charge is 0.0991 e. The maximum atomic E-state index is 8.87. The van der Waals surface area contributed by atoms with Gasteiger partial charge in [0, 0.05) is 37.1 Å². The van der Waals surface area contributed by atoms with Gasteiger partial charge in [0.15, 0.2) is 0 Å². The van der Waals surface area contributed by atoms with Gasteiger partial charge in [0.2, 0.25) is 0 Å². The monoisotopic (exact) mass is 338 g/mol. The van der Waals surface area contributed by atoms with Gasteiger partial charge in [-0.05, 0) is 53.8 Å². The second-order valence-electron chi connectivity index (χ2n) is 5.92. The first-order valence-electron chi connectivity index (χ1n) is 8.25. The largest absolute Gasteiger partial charge is 0.329 e. The molecule has 1 heterocycles. The molecule has 1 saturated heterocycles. The van der Waals surface area contributed by atoms with Crippen LogP contribution in [-0.2, 0) is 0 Å². The second-order valence-corrected chi connectivity index (χ2v) is 7.09. The lowest BCUT2D eigenvalue weighted by Gasteiger charge is -2.15. The van der Waals surface area contributed by atoms with E-state index in [-0.39, 0.29) is 0 Å². The Morgan fingerprint density at radius 3 is 2.42 bits per heavy atom. The number of hydrogen-bond donors (Lipinski definition) is 2. The molecule has 0 bridgehead atoms. The van der Waals surface area contributed by atoms with E-state index in [2.05, 4.69) is 40.0 Å². The lowest BCUT2D eigenvalue weighted by molar-refractivity contribution is 0.515. The predicted molar refractivity (Wildman–Crippen MR) is 99.5 cm³/mol. The molecule has 0 amide bonds. The van der Waals surface area contributed by atoms with Gasteiger partial charge in [0.25, 0.3) is 0 Å². The summed E-state index contributed by atoms with van der Waals surface area (Å²) in [6, 6.07) is 19.0. The standard InChI is InChI=1S/C19H22N4S/c20-10-11-22-18-9-12-23(14-18)24-19-7-5-17(6-8-19)16-3-1-15(13-21)2-4-16/h1-8,18,22H,9-12,14,20H2. The summed E-state index contributed by atoms with van der Waals surface area (Å²) >= 11 is 1.82. The van der Waals surface area contributed by atoms with Crippen LogP contribution in [0.5, 0.6) is 0 Å². The van der Waals surface area contributed by atoms with Gasteiger partial charge in [-0.3, -0.25) is 0 Å². The minimum Gasteiger partial charge on any atom is -0.329 e. The summed E-state index contributed by atoms with van der Waals surface area (Å²) < 4.78 is 2.41. The highest BCUT2D eigenvalue weighted by atomic mass is 32.2. The number of nitrogens with one attached hydrogen (secondary N) is 1. The van der Waals surface area contributed by atoms with Crippen molar-refractivity contribution in [2.24, 2.45) is 5.73 Å². The van der Waals surface area contributed by atoms with E-state index in [9.17, 15) is 0 Å². The van der Waals surface area contributed by atoms with Crippen molar-refractivity contribution in [3.63, 3.8) is 0 Å². The van der Waals surface area contributed by atoms with Crippen LogP contribution in [0.1, 0.15) is 12.0 Å². The lowest BCUT2D eigenvalue weighted by atomic mass is 10.0. The zero-order valence-electron chi connectivity index (χ0n) is 13.6. The average Bonchev–Trinajstić information content (AvgIpc) is 3.08. The number of nitrogens with zero attached hydrogens (tertiary/aromatic N) is 2. The van der Waals surface area contributed by atoms with Crippen LogP contribution in [0.25, 0.3) is 11.1 Å². The summed E-state index contributed by atoms with van der Waals surface area (Å²) in [5.74, 6) is 0. The summed E-state index contributed by atoms with van der Waals surface area (Å²) in [5.41, 5.74) is 8.55. The number of benzene rings is 2. The van der Waals surface area contributed by atoms with E-state index in [1.54, 1.807) is 0 Å². The van der Waals surface area contributed by atoms with Crippen molar-refractivity contribution >= 4 is 11.9 Å². The van der Waals surface area contributed by atoms with E-state index >= 15 is 0 Å². The Labute approximate surface area is 147 Å². The molecule has 124 valence electrons. The molecule has 1 aliphatic heterocycles. The molecule has 1 unspecified atom stereocenters. The van der Waals surface area contributed by atoms with E-state index in [4.69, 9.17) is 11.0 Å². The van der Waals surface area contributed by atoms with Crippen LogP contribution >= 0.6 is 11.9 Å². The van der Waals surface area contributed by atoms with Crippen LogP contribution in [0.3, 0.4) is 0 Å². The molecular weight excluding hydrogens is 316 g/mol. The average molecular weight is 338 g/mol. The van der Waals surface area contributed by atoms with Gasteiger partial charge >= 0.3 is 0 Å². The second kappa shape index (κ2) is 8.32. The van der Waals surface area contributed by atoms with Crippen LogP contribution < -0.4 is 11.1 Å². The van der Waals surface area contributed by atoms with E-state index in [1.807, 2.05) is 36.2 Å². The normalized spacial score (nSPS) is 17.8. The molecule has 0 saturated carbocycles. The molecule has 2 aromatic carbocycles. The Morgan fingerprint density at radius 1 is 1.12 bits per heavy atom. The van der Waals surface area contributed by atoms with Gasteiger partial charge in [-0.1, -0.05) is 24.3 Å². The Balaban J connectivity index is 1.58. The maximum Gasteiger partial charge on any atom is 0.0991 e. The fraction of sp³-hybridized carbons (Fsp3) is 0.316. The Hall–Kier alpha value is -1.84. The fourth-order valence-electron chi connectivity index (χ4n) is 2.86. The number of nitriles is 1. The summed E-state index contributed by atoms with van der Waals surface area (Å²) in [4.78, 5) is 1.26. The van der Waals surface area contributed by atoms with Crippen LogP contribution in [0.15, 0.2) is 53.4 Å². The summed E-state index contributed by atoms with van der Waals surface area (Å²) in [7, 11) is 0. The first-order valence-corrected chi connectivity index (χ1v) is 9.03. The molecule has 5 heteroatoms. The number of nitrogens with two attached hydrogens (primary N) is 1. The predicted octanol–water partition coefficient (Wildman–Crippen LogP) is 2.85. The molecule has 0 aliphatic carbocycles. The van der Waals surface area contributed by atoms with Crippen LogP contribution in [-0.4, -0.2) is 36.5 Å². The van der Waals surface area contributed by atoms with Gasteiger partial charge in [-0.15, -0.1) is 0 Å². The van der Waals surface area contributed by atoms with E-state index in [0.29, 0.717) is 18.2 Å². The van der Waals surface area contributed by atoms with Crippen LogP contribution in [0.4, 0.5) is 0 Å². The molecule has 0 spiro atoms. The lowest BCUT2D eigenvalue weighted by Crippen LogP contribution is -2.34. The van der Waals surface area contributed by atoms with Gasteiger partial charge < -0.3 is 11.1 Å². The van der Waals surface area contributed by atoms with E-state index < -0.39 is 0 Å². The summed E-state index contributed by atoms with van der Waals surface area (Å²) in [6.07, 6.45) is 1.18. The van der Waals surface area contributed by atoms with E-state index in [0.717, 1.165) is 25.2 Å². The third-order valence-electron chi connectivity index (χ3n) is 4.16. The van der Waals surface area contributed by atoms with Crippen molar-refractivity contribution < 1.29 is 0 Å². The van der Waals surface area contributed by atoms with Crippen LogP contribution in [0.2, 0.25) is 0 Å². The van der Waals surface area contributed by atoms with Crippen LogP contribution in [0, 0.1) is 11.3 Å². The third-order valence-corrected chi connectivity index (χ3v) is 5.24. The molecule has 3 N–H and O–H groups in total. The SMILES string of the molecule is N#Cc1ccc(-c2ccc(SN3CCC(NCCN)C3)cc2)cc1. The zero-order chi connectivity index (χ0) is 16.8.